The van der Waals surface area contributed by atoms with Crippen molar-refractivity contribution in [2.24, 2.45) is 0 Å². The summed E-state index contributed by atoms with van der Waals surface area (Å²) in [5, 5.41) is 7.34. The molecule has 7 nitrogen and oxygen atoms in total. The van der Waals surface area contributed by atoms with Gasteiger partial charge in [0.05, 0.1) is 23.9 Å². The van der Waals surface area contributed by atoms with Gasteiger partial charge in [0.1, 0.15) is 5.54 Å². The molecule has 2 amide bonds. The lowest BCUT2D eigenvalue weighted by Gasteiger charge is -2.32. The fraction of sp³-hybridized carbons (Fsp3) is 0.389. The van der Waals surface area contributed by atoms with Crippen LogP contribution in [0.1, 0.15) is 19.8 Å². The van der Waals surface area contributed by atoms with Crippen molar-refractivity contribution >= 4 is 29.6 Å². The highest BCUT2D eigenvalue weighted by atomic mass is 32.2. The molecule has 1 N–H and O–H groups in total. The van der Waals surface area contributed by atoms with Crippen LogP contribution in [-0.4, -0.2) is 52.1 Å². The number of urea groups is 1. The number of rotatable bonds is 4. The second-order valence-corrected chi connectivity index (χ2v) is 7.11. The summed E-state index contributed by atoms with van der Waals surface area (Å²) in [5.41, 5.74) is -0.101. The number of benzene rings is 1. The number of hydrogen-bond donors (Lipinski definition) is 1. The average Bonchev–Trinajstić information content (AvgIpc) is 3.25. The SMILES string of the molecule is COC(=O)C1(C)CCCN1C(=O)Nc1c(SC)cnn1-c1ccccc1. The van der Waals surface area contributed by atoms with E-state index in [9.17, 15) is 9.59 Å². The van der Waals surface area contributed by atoms with E-state index >= 15 is 0 Å². The Bertz CT molecular complexity index is 808. The van der Waals surface area contributed by atoms with E-state index in [0.717, 1.165) is 17.0 Å². The number of carbonyl (C=O) groups excluding carboxylic acids is 2. The van der Waals surface area contributed by atoms with Crippen molar-refractivity contribution in [2.45, 2.75) is 30.2 Å². The Morgan fingerprint density at radius 1 is 1.31 bits per heavy atom. The monoisotopic (exact) mass is 374 g/mol. The van der Waals surface area contributed by atoms with Gasteiger partial charge in [0.25, 0.3) is 0 Å². The Balaban J connectivity index is 1.90. The zero-order chi connectivity index (χ0) is 18.7. The second-order valence-electron chi connectivity index (χ2n) is 6.26. The van der Waals surface area contributed by atoms with Gasteiger partial charge in [-0.15, -0.1) is 11.8 Å². The number of carbonyl (C=O) groups is 2. The predicted molar refractivity (Wildman–Crippen MR) is 101 cm³/mol. The molecule has 1 fully saturated rings. The fourth-order valence-electron chi connectivity index (χ4n) is 3.25. The van der Waals surface area contributed by atoms with Crippen molar-refractivity contribution < 1.29 is 14.3 Å². The van der Waals surface area contributed by atoms with Gasteiger partial charge in [-0.2, -0.15) is 5.10 Å². The van der Waals surface area contributed by atoms with Crippen molar-refractivity contribution in [2.75, 3.05) is 25.2 Å². The summed E-state index contributed by atoms with van der Waals surface area (Å²) in [6.07, 6.45) is 4.99. The molecule has 138 valence electrons. The maximum atomic E-state index is 13.0. The number of likely N-dealkylation sites (tertiary alicyclic amines) is 1. The van der Waals surface area contributed by atoms with Crippen LogP contribution >= 0.6 is 11.8 Å². The van der Waals surface area contributed by atoms with Gasteiger partial charge in [-0.05, 0) is 38.2 Å². The van der Waals surface area contributed by atoms with Crippen LogP contribution in [0.15, 0.2) is 41.4 Å². The number of nitrogens with zero attached hydrogens (tertiary/aromatic N) is 3. The Kier molecular flexibility index (Phi) is 5.22. The Labute approximate surface area is 156 Å². The third kappa shape index (κ3) is 3.16. The molecule has 2 heterocycles. The number of thioether (sulfide) groups is 1. The van der Waals surface area contributed by atoms with Gasteiger partial charge in [0.15, 0.2) is 5.82 Å². The Morgan fingerprint density at radius 3 is 2.69 bits per heavy atom. The van der Waals surface area contributed by atoms with Crippen molar-refractivity contribution in [3.63, 3.8) is 0 Å². The van der Waals surface area contributed by atoms with Gasteiger partial charge in [-0.25, -0.2) is 14.3 Å². The molecule has 2 aromatic rings. The first-order valence-electron chi connectivity index (χ1n) is 8.35. The van der Waals surface area contributed by atoms with Crippen LogP contribution in [0.25, 0.3) is 5.69 Å². The first-order valence-corrected chi connectivity index (χ1v) is 9.58. The zero-order valence-electron chi connectivity index (χ0n) is 15.1. The van der Waals surface area contributed by atoms with Crippen molar-refractivity contribution in [1.29, 1.82) is 0 Å². The lowest BCUT2D eigenvalue weighted by molar-refractivity contribution is -0.150. The van der Waals surface area contributed by atoms with E-state index in [0.29, 0.717) is 18.8 Å². The minimum atomic E-state index is -0.948. The predicted octanol–water partition coefficient (Wildman–Crippen LogP) is 3.15. The fourth-order valence-corrected chi connectivity index (χ4v) is 3.74. The lowest BCUT2D eigenvalue weighted by atomic mass is 9.99. The molecule has 0 bridgehead atoms. The van der Waals surface area contributed by atoms with Gasteiger partial charge in [0, 0.05) is 6.54 Å². The largest absolute Gasteiger partial charge is 0.467 e. The third-order valence-electron chi connectivity index (χ3n) is 4.69. The highest BCUT2D eigenvalue weighted by Crippen LogP contribution is 2.33. The molecule has 0 saturated carbocycles. The molecule has 0 spiro atoms. The van der Waals surface area contributed by atoms with Crippen LogP contribution in [0, 0.1) is 0 Å². The maximum Gasteiger partial charge on any atom is 0.331 e. The molecule has 26 heavy (non-hydrogen) atoms. The van der Waals surface area contributed by atoms with Crippen molar-refractivity contribution in [3.8, 4) is 5.69 Å². The maximum absolute atomic E-state index is 13.0. The highest BCUT2D eigenvalue weighted by Gasteiger charge is 2.47. The van der Waals surface area contributed by atoms with E-state index in [1.54, 1.807) is 22.7 Å². The Morgan fingerprint density at radius 2 is 2.04 bits per heavy atom. The number of methoxy groups -OCH3 is 1. The molecule has 1 aromatic heterocycles. The Hall–Kier alpha value is -2.48. The van der Waals surface area contributed by atoms with Crippen LogP contribution in [0.3, 0.4) is 0 Å². The molecule has 1 aromatic carbocycles. The number of anilines is 1. The summed E-state index contributed by atoms with van der Waals surface area (Å²) in [7, 11) is 1.35. The van der Waals surface area contributed by atoms with E-state index in [4.69, 9.17) is 4.74 Å². The lowest BCUT2D eigenvalue weighted by Crippen LogP contribution is -2.52. The third-order valence-corrected chi connectivity index (χ3v) is 5.43. The summed E-state index contributed by atoms with van der Waals surface area (Å²) in [4.78, 5) is 27.6. The molecule has 3 rings (SSSR count). The standard InChI is InChI=1S/C18H22N4O3S/c1-18(16(23)25-2)10-7-11-21(18)17(24)20-15-14(26-3)12-19-22(15)13-8-5-4-6-9-13/h4-6,8-9,12H,7,10-11H2,1-3H3,(H,20,24). The number of aromatic nitrogens is 2. The quantitative estimate of drug-likeness (QED) is 0.657. The normalized spacial score (nSPS) is 19.4. The number of nitrogens with one attached hydrogen (secondary N) is 1. The van der Waals surface area contributed by atoms with E-state index in [-0.39, 0.29) is 6.03 Å². The number of amides is 2. The first-order chi connectivity index (χ1) is 12.5. The molecule has 0 radical (unpaired) electrons. The number of para-hydroxylation sites is 1. The van der Waals surface area contributed by atoms with Crippen LogP contribution in [0.4, 0.5) is 10.6 Å². The summed E-state index contributed by atoms with van der Waals surface area (Å²) < 4.78 is 6.60. The van der Waals surface area contributed by atoms with Crippen LogP contribution in [0.2, 0.25) is 0 Å². The van der Waals surface area contributed by atoms with Crippen LogP contribution in [-0.2, 0) is 9.53 Å². The molecule has 1 atom stereocenters. The van der Waals surface area contributed by atoms with Gasteiger partial charge in [0.2, 0.25) is 0 Å². The first kappa shape index (κ1) is 18.3. The van der Waals surface area contributed by atoms with Crippen LogP contribution in [0.5, 0.6) is 0 Å². The molecule has 1 aliphatic heterocycles. The highest BCUT2D eigenvalue weighted by molar-refractivity contribution is 7.98. The molecule has 8 heteroatoms. The molecule has 1 saturated heterocycles. The number of ether oxygens (including phenoxy) is 1. The summed E-state index contributed by atoms with van der Waals surface area (Å²) in [5.74, 6) is 0.194. The minimum Gasteiger partial charge on any atom is -0.467 e. The van der Waals surface area contributed by atoms with Gasteiger partial charge in [-0.1, -0.05) is 18.2 Å². The molecule has 0 aliphatic carbocycles. The molecule has 1 aliphatic rings. The van der Waals surface area contributed by atoms with E-state index in [2.05, 4.69) is 10.4 Å². The van der Waals surface area contributed by atoms with E-state index < -0.39 is 11.5 Å². The molecular weight excluding hydrogens is 352 g/mol. The minimum absolute atomic E-state index is 0.330. The molecule has 1 unspecified atom stereocenters. The van der Waals surface area contributed by atoms with E-state index in [1.165, 1.54) is 18.9 Å². The van der Waals surface area contributed by atoms with Crippen LogP contribution < -0.4 is 5.32 Å². The average molecular weight is 374 g/mol. The van der Waals surface area contributed by atoms with Crippen molar-refractivity contribution in [3.05, 3.63) is 36.5 Å². The van der Waals surface area contributed by atoms with E-state index in [1.807, 2.05) is 36.6 Å². The molecular formula is C18H22N4O3S. The van der Waals surface area contributed by atoms with Gasteiger partial charge in [-0.3, -0.25) is 5.32 Å². The van der Waals surface area contributed by atoms with Crippen molar-refractivity contribution in [1.82, 2.24) is 14.7 Å². The number of esters is 1. The number of hydrogen-bond acceptors (Lipinski definition) is 5. The van der Waals surface area contributed by atoms with Gasteiger partial charge >= 0.3 is 12.0 Å². The zero-order valence-corrected chi connectivity index (χ0v) is 15.9. The smallest absolute Gasteiger partial charge is 0.331 e. The van der Waals surface area contributed by atoms with Gasteiger partial charge < -0.3 is 9.64 Å². The summed E-state index contributed by atoms with van der Waals surface area (Å²) in [6.45, 7) is 2.25. The second kappa shape index (κ2) is 7.41. The summed E-state index contributed by atoms with van der Waals surface area (Å²) >= 11 is 1.50. The summed E-state index contributed by atoms with van der Waals surface area (Å²) in [6, 6.07) is 9.25. The topological polar surface area (TPSA) is 76.5 Å².